The zero-order valence-electron chi connectivity index (χ0n) is 12.4. The van der Waals surface area contributed by atoms with E-state index in [4.69, 9.17) is 11.6 Å². The third-order valence-corrected chi connectivity index (χ3v) is 7.56. The molecule has 0 N–H and O–H groups in total. The van der Waals surface area contributed by atoms with Crippen molar-refractivity contribution in [3.8, 4) is 0 Å². The van der Waals surface area contributed by atoms with Crippen LogP contribution < -0.4 is 0 Å². The number of sulfonamides is 1. The number of carbonyl (C=O) groups is 1. The van der Waals surface area contributed by atoms with Gasteiger partial charge in [0.2, 0.25) is 15.9 Å². The monoisotopic (exact) mass is 378 g/mol. The van der Waals surface area contributed by atoms with E-state index in [0.717, 1.165) is 29.3 Å². The van der Waals surface area contributed by atoms with Crippen LogP contribution in [0.1, 0.15) is 12.8 Å². The number of hydrogen-bond acceptors (Lipinski definition) is 4. The van der Waals surface area contributed by atoms with E-state index in [1.54, 1.807) is 11.9 Å². The molecule has 2 aliphatic rings. The highest BCUT2D eigenvalue weighted by Gasteiger charge is 2.44. The highest BCUT2D eigenvalue weighted by molar-refractivity contribution is 8.00. The van der Waals surface area contributed by atoms with E-state index in [1.165, 1.54) is 17.8 Å². The van der Waals surface area contributed by atoms with E-state index in [1.807, 2.05) is 0 Å². The first-order chi connectivity index (χ1) is 10.8. The van der Waals surface area contributed by atoms with E-state index in [9.17, 15) is 17.6 Å². The summed E-state index contributed by atoms with van der Waals surface area (Å²) in [6, 6.07) is 2.64. The summed E-state index contributed by atoms with van der Waals surface area (Å²) < 4.78 is 40.2. The van der Waals surface area contributed by atoms with Crippen molar-refractivity contribution < 1.29 is 17.6 Å². The maximum absolute atomic E-state index is 13.4. The number of thioether (sulfide) groups is 1. The van der Waals surface area contributed by atoms with E-state index >= 15 is 0 Å². The van der Waals surface area contributed by atoms with Gasteiger partial charge in [0.05, 0.1) is 10.9 Å². The van der Waals surface area contributed by atoms with Crippen LogP contribution in [-0.4, -0.2) is 54.3 Å². The van der Waals surface area contributed by atoms with Crippen LogP contribution in [0.25, 0.3) is 0 Å². The zero-order chi connectivity index (χ0) is 16.8. The Bertz CT molecular complexity index is 740. The van der Waals surface area contributed by atoms with Crippen LogP contribution in [-0.2, 0) is 14.8 Å². The van der Waals surface area contributed by atoms with Gasteiger partial charge in [-0.3, -0.25) is 4.79 Å². The number of carbonyl (C=O) groups excluding carboxylic acids is 1. The third-order valence-electron chi connectivity index (χ3n) is 4.05. The van der Waals surface area contributed by atoms with Crippen LogP contribution in [0, 0.1) is 5.82 Å². The lowest BCUT2D eigenvalue weighted by Crippen LogP contribution is -2.48. The zero-order valence-corrected chi connectivity index (χ0v) is 14.8. The molecule has 0 aromatic heterocycles. The molecule has 0 spiro atoms. The summed E-state index contributed by atoms with van der Waals surface area (Å²) >= 11 is 7.30. The van der Waals surface area contributed by atoms with Crippen molar-refractivity contribution in [2.24, 2.45) is 0 Å². The first kappa shape index (κ1) is 17.0. The number of hydrogen-bond donors (Lipinski definition) is 0. The lowest BCUT2D eigenvalue weighted by Gasteiger charge is -2.27. The summed E-state index contributed by atoms with van der Waals surface area (Å²) in [5.41, 5.74) is 0. The fourth-order valence-electron chi connectivity index (χ4n) is 2.54. The van der Waals surface area contributed by atoms with Crippen molar-refractivity contribution in [2.45, 2.75) is 29.8 Å². The van der Waals surface area contributed by atoms with Crippen molar-refractivity contribution >= 4 is 39.3 Å². The lowest BCUT2D eigenvalue weighted by atomic mass is 10.3. The second-order valence-electron chi connectivity index (χ2n) is 5.66. The van der Waals surface area contributed by atoms with Crippen LogP contribution in [0.4, 0.5) is 4.39 Å². The second kappa shape index (κ2) is 6.23. The third kappa shape index (κ3) is 3.22. The van der Waals surface area contributed by atoms with Crippen molar-refractivity contribution in [1.82, 2.24) is 9.21 Å². The van der Waals surface area contributed by atoms with Gasteiger partial charge < -0.3 is 4.90 Å². The van der Waals surface area contributed by atoms with Crippen LogP contribution in [0.2, 0.25) is 5.02 Å². The predicted molar refractivity (Wildman–Crippen MR) is 87.3 cm³/mol. The minimum absolute atomic E-state index is 0.0509. The van der Waals surface area contributed by atoms with E-state index in [-0.39, 0.29) is 27.7 Å². The molecule has 1 atom stereocenters. The SMILES string of the molecule is CN(C(=O)[C@H]1CSCN1S(=O)(=O)c1cc(F)ccc1Cl)C1CC1. The largest absolute Gasteiger partial charge is 0.341 e. The van der Waals surface area contributed by atoms with E-state index in [2.05, 4.69) is 0 Å². The average Bonchev–Trinajstić information content (AvgIpc) is 3.24. The maximum atomic E-state index is 13.4. The van der Waals surface area contributed by atoms with Crippen molar-refractivity contribution in [3.05, 3.63) is 29.0 Å². The average molecular weight is 379 g/mol. The lowest BCUT2D eigenvalue weighted by molar-refractivity contribution is -0.133. The van der Waals surface area contributed by atoms with Crippen molar-refractivity contribution in [1.29, 1.82) is 0 Å². The van der Waals surface area contributed by atoms with Crippen LogP contribution in [0.15, 0.2) is 23.1 Å². The highest BCUT2D eigenvalue weighted by Crippen LogP contribution is 2.34. The maximum Gasteiger partial charge on any atom is 0.246 e. The van der Waals surface area contributed by atoms with Gasteiger partial charge in [-0.25, -0.2) is 12.8 Å². The molecule has 0 radical (unpaired) electrons. The van der Waals surface area contributed by atoms with Gasteiger partial charge in [0, 0.05) is 18.8 Å². The number of rotatable bonds is 4. The minimum Gasteiger partial charge on any atom is -0.341 e. The number of nitrogens with zero attached hydrogens (tertiary/aromatic N) is 2. The number of likely N-dealkylation sites (N-methyl/N-ethyl adjacent to an activating group) is 1. The van der Waals surface area contributed by atoms with Crippen molar-refractivity contribution in [3.63, 3.8) is 0 Å². The van der Waals surface area contributed by atoms with Gasteiger partial charge >= 0.3 is 0 Å². The Morgan fingerprint density at radius 1 is 1.43 bits per heavy atom. The topological polar surface area (TPSA) is 57.7 Å². The van der Waals surface area contributed by atoms with Gasteiger partial charge in [-0.15, -0.1) is 11.8 Å². The number of halogens is 2. The molecule has 9 heteroatoms. The fourth-order valence-corrected chi connectivity index (χ4v) is 6.16. The summed E-state index contributed by atoms with van der Waals surface area (Å²) in [6.45, 7) is 0. The molecule has 1 aromatic carbocycles. The Labute approximate surface area is 143 Å². The van der Waals surface area contributed by atoms with Gasteiger partial charge in [-0.1, -0.05) is 11.6 Å². The Hall–Kier alpha value is -0.830. The summed E-state index contributed by atoms with van der Waals surface area (Å²) in [6.07, 6.45) is 1.90. The molecule has 1 aromatic rings. The van der Waals surface area contributed by atoms with E-state index < -0.39 is 21.9 Å². The summed E-state index contributed by atoms with van der Waals surface area (Å²) in [5.74, 6) is -0.349. The van der Waals surface area contributed by atoms with Gasteiger partial charge in [0.1, 0.15) is 16.8 Å². The molecular weight excluding hydrogens is 363 g/mol. The van der Waals surface area contributed by atoms with Gasteiger partial charge in [0.15, 0.2) is 0 Å². The first-order valence-corrected chi connectivity index (χ1v) is 10.1. The molecule has 1 saturated heterocycles. The van der Waals surface area contributed by atoms with Gasteiger partial charge in [0.25, 0.3) is 0 Å². The molecule has 3 rings (SSSR count). The fraction of sp³-hybridized carbons (Fsp3) is 0.500. The Morgan fingerprint density at radius 3 is 2.78 bits per heavy atom. The molecule has 1 aliphatic heterocycles. The quantitative estimate of drug-likeness (QED) is 0.805. The molecule has 1 aliphatic carbocycles. The molecule has 1 amide bonds. The van der Waals surface area contributed by atoms with Gasteiger partial charge in [-0.05, 0) is 31.0 Å². The van der Waals surface area contributed by atoms with Gasteiger partial charge in [-0.2, -0.15) is 4.31 Å². The second-order valence-corrected chi connectivity index (χ2v) is 8.93. The molecular formula is C14H16ClFN2O3S2. The van der Waals surface area contributed by atoms with Crippen LogP contribution in [0.3, 0.4) is 0 Å². The predicted octanol–water partition coefficient (Wildman–Crippen LogP) is 2.16. The molecule has 126 valence electrons. The normalized spacial score (nSPS) is 22.3. The van der Waals surface area contributed by atoms with Crippen molar-refractivity contribution in [2.75, 3.05) is 18.7 Å². The molecule has 1 heterocycles. The number of amides is 1. The minimum atomic E-state index is -4.03. The Balaban J connectivity index is 1.91. The molecule has 0 bridgehead atoms. The highest BCUT2D eigenvalue weighted by atomic mass is 35.5. The smallest absolute Gasteiger partial charge is 0.246 e. The molecule has 23 heavy (non-hydrogen) atoms. The molecule has 1 saturated carbocycles. The first-order valence-electron chi connectivity index (χ1n) is 7.13. The molecule has 0 unspecified atom stereocenters. The molecule has 5 nitrogen and oxygen atoms in total. The van der Waals surface area contributed by atoms with E-state index in [0.29, 0.717) is 5.75 Å². The summed E-state index contributed by atoms with van der Waals surface area (Å²) in [7, 11) is -2.33. The molecule has 2 fully saturated rings. The van der Waals surface area contributed by atoms with Crippen LogP contribution in [0.5, 0.6) is 0 Å². The van der Waals surface area contributed by atoms with Crippen LogP contribution >= 0.6 is 23.4 Å². The number of benzene rings is 1. The summed E-state index contributed by atoms with van der Waals surface area (Å²) in [5, 5.41) is -0.0509. The summed E-state index contributed by atoms with van der Waals surface area (Å²) in [4.78, 5) is 13.9. The Kier molecular flexibility index (Phi) is 4.61. The standard InChI is InChI=1S/C14H16ClFN2O3S2/c1-17(10-3-4-10)14(19)12-7-22-8-18(12)23(20,21)13-6-9(16)2-5-11(13)15/h2,5-6,10,12H,3-4,7-8H2,1H3/t12-/m1/s1. The Morgan fingerprint density at radius 2 is 2.13 bits per heavy atom.